The number of hydrogen-bond acceptors (Lipinski definition) is 3. The van der Waals surface area contributed by atoms with Gasteiger partial charge in [0.15, 0.2) is 0 Å². The van der Waals surface area contributed by atoms with Crippen LogP contribution in [0.2, 0.25) is 0 Å². The zero-order valence-corrected chi connectivity index (χ0v) is 12.0. The Balaban J connectivity index is 2.00. The summed E-state index contributed by atoms with van der Waals surface area (Å²) in [5, 5.41) is 2.75. The molecule has 2 saturated heterocycles. The highest BCUT2D eigenvalue weighted by Crippen LogP contribution is 2.14. The molecular weight excluding hydrogens is 266 g/mol. The van der Waals surface area contributed by atoms with Crippen molar-refractivity contribution in [2.45, 2.75) is 51.0 Å². The van der Waals surface area contributed by atoms with Crippen LogP contribution < -0.4 is 10.0 Å². The predicted molar refractivity (Wildman–Crippen MR) is 72.7 cm³/mol. The second-order valence-electron chi connectivity index (χ2n) is 5.28. The van der Waals surface area contributed by atoms with Gasteiger partial charge >= 0.3 is 0 Å². The molecule has 110 valence electrons. The van der Waals surface area contributed by atoms with Crippen molar-refractivity contribution >= 4 is 16.1 Å². The minimum absolute atomic E-state index is 0.198. The lowest BCUT2D eigenvalue weighted by Crippen LogP contribution is -2.50. The second kappa shape index (κ2) is 6.67. The smallest absolute Gasteiger partial charge is 0.280 e. The summed E-state index contributed by atoms with van der Waals surface area (Å²) >= 11 is 0. The highest BCUT2D eigenvalue weighted by atomic mass is 32.2. The lowest BCUT2D eigenvalue weighted by atomic mass is 10.1. The molecule has 2 fully saturated rings. The Morgan fingerprint density at radius 1 is 1.05 bits per heavy atom. The van der Waals surface area contributed by atoms with Crippen molar-refractivity contribution in [1.29, 1.82) is 0 Å². The van der Waals surface area contributed by atoms with E-state index in [1.54, 1.807) is 0 Å². The first kappa shape index (κ1) is 14.7. The third-order valence-electron chi connectivity index (χ3n) is 3.73. The van der Waals surface area contributed by atoms with Crippen molar-refractivity contribution in [2.75, 3.05) is 19.6 Å². The summed E-state index contributed by atoms with van der Waals surface area (Å²) < 4.78 is 28.7. The maximum atomic E-state index is 12.3. The largest absolute Gasteiger partial charge is 0.355 e. The van der Waals surface area contributed by atoms with Gasteiger partial charge in [-0.1, -0.05) is 12.8 Å². The predicted octanol–water partition coefficient (Wildman–Crippen LogP) is 0.366. The topological polar surface area (TPSA) is 78.5 Å². The van der Waals surface area contributed by atoms with Crippen molar-refractivity contribution in [1.82, 2.24) is 14.3 Å². The molecule has 2 aliphatic heterocycles. The summed E-state index contributed by atoms with van der Waals surface area (Å²) in [7, 11) is -3.53. The van der Waals surface area contributed by atoms with Crippen LogP contribution in [0.3, 0.4) is 0 Å². The van der Waals surface area contributed by atoms with E-state index in [1.165, 1.54) is 4.31 Å². The fourth-order valence-corrected chi connectivity index (χ4v) is 4.06. The molecule has 2 rings (SSSR count). The minimum atomic E-state index is -3.53. The van der Waals surface area contributed by atoms with Crippen LogP contribution in [0, 0.1) is 0 Å². The molecule has 2 N–H and O–H groups in total. The standard InChI is InChI=1S/C12H23N3O3S/c16-12-11(7-3-4-8-13-12)14-19(17,18)15-9-5-1-2-6-10-15/h11,14H,1-10H2,(H,13,16)/t11-/m0/s1. The number of amides is 1. The van der Waals surface area contributed by atoms with Gasteiger partial charge < -0.3 is 5.32 Å². The first-order chi connectivity index (χ1) is 9.09. The molecular formula is C12H23N3O3S. The van der Waals surface area contributed by atoms with Crippen LogP contribution in [0.15, 0.2) is 0 Å². The van der Waals surface area contributed by atoms with E-state index >= 15 is 0 Å². The maximum Gasteiger partial charge on any atom is 0.280 e. The van der Waals surface area contributed by atoms with Gasteiger partial charge in [-0.25, -0.2) is 0 Å². The first-order valence-corrected chi connectivity index (χ1v) is 8.59. The Kier molecular flexibility index (Phi) is 5.18. The average molecular weight is 289 g/mol. The molecule has 19 heavy (non-hydrogen) atoms. The van der Waals surface area contributed by atoms with Gasteiger partial charge in [-0.2, -0.15) is 17.4 Å². The summed E-state index contributed by atoms with van der Waals surface area (Å²) in [6, 6.07) is -0.615. The molecule has 1 atom stereocenters. The van der Waals surface area contributed by atoms with Crippen LogP contribution in [-0.2, 0) is 15.0 Å². The van der Waals surface area contributed by atoms with Gasteiger partial charge in [-0.05, 0) is 32.1 Å². The molecule has 6 nitrogen and oxygen atoms in total. The van der Waals surface area contributed by atoms with E-state index in [4.69, 9.17) is 0 Å². The summed E-state index contributed by atoms with van der Waals surface area (Å²) in [5.41, 5.74) is 0. The Morgan fingerprint density at radius 2 is 1.74 bits per heavy atom. The van der Waals surface area contributed by atoms with Crippen LogP contribution in [0.1, 0.15) is 44.9 Å². The van der Waals surface area contributed by atoms with Gasteiger partial charge in [0, 0.05) is 19.6 Å². The van der Waals surface area contributed by atoms with E-state index in [0.29, 0.717) is 26.1 Å². The zero-order chi connectivity index (χ0) is 13.7. The fraction of sp³-hybridized carbons (Fsp3) is 0.917. The van der Waals surface area contributed by atoms with Crippen molar-refractivity contribution in [3.05, 3.63) is 0 Å². The molecule has 0 saturated carbocycles. The minimum Gasteiger partial charge on any atom is -0.355 e. The van der Waals surface area contributed by atoms with Crippen molar-refractivity contribution in [3.63, 3.8) is 0 Å². The van der Waals surface area contributed by atoms with Crippen LogP contribution in [0.4, 0.5) is 0 Å². The molecule has 0 aliphatic carbocycles. The lowest BCUT2D eigenvalue weighted by molar-refractivity contribution is -0.122. The molecule has 0 spiro atoms. The van der Waals surface area contributed by atoms with Gasteiger partial charge in [-0.3, -0.25) is 4.79 Å². The van der Waals surface area contributed by atoms with Crippen LogP contribution >= 0.6 is 0 Å². The summed E-state index contributed by atoms with van der Waals surface area (Å²) in [6.45, 7) is 1.76. The third kappa shape index (κ3) is 4.15. The summed E-state index contributed by atoms with van der Waals surface area (Å²) in [5.74, 6) is -0.198. The molecule has 0 bridgehead atoms. The Hall–Kier alpha value is -0.660. The summed E-state index contributed by atoms with van der Waals surface area (Å²) in [6.07, 6.45) is 6.32. The number of nitrogens with zero attached hydrogens (tertiary/aromatic N) is 1. The van der Waals surface area contributed by atoms with Gasteiger partial charge in [0.25, 0.3) is 10.2 Å². The fourth-order valence-electron chi connectivity index (χ4n) is 2.59. The number of rotatable bonds is 3. The van der Waals surface area contributed by atoms with Gasteiger partial charge in [0.2, 0.25) is 5.91 Å². The van der Waals surface area contributed by atoms with E-state index in [9.17, 15) is 13.2 Å². The molecule has 0 radical (unpaired) electrons. The van der Waals surface area contributed by atoms with Gasteiger partial charge in [0.05, 0.1) is 0 Å². The lowest BCUT2D eigenvalue weighted by Gasteiger charge is -2.23. The highest BCUT2D eigenvalue weighted by molar-refractivity contribution is 7.87. The molecule has 2 aliphatic rings. The Labute approximate surface area is 115 Å². The third-order valence-corrected chi connectivity index (χ3v) is 5.36. The van der Waals surface area contributed by atoms with Crippen LogP contribution in [-0.4, -0.2) is 44.3 Å². The molecule has 0 aromatic rings. The normalized spacial score (nSPS) is 27.4. The van der Waals surface area contributed by atoms with E-state index in [0.717, 1.165) is 38.5 Å². The molecule has 0 aromatic carbocycles. The molecule has 0 aromatic heterocycles. The number of nitrogens with one attached hydrogen (secondary N) is 2. The molecule has 0 unspecified atom stereocenters. The zero-order valence-electron chi connectivity index (χ0n) is 11.2. The highest BCUT2D eigenvalue weighted by Gasteiger charge is 2.29. The monoisotopic (exact) mass is 289 g/mol. The van der Waals surface area contributed by atoms with Crippen molar-refractivity contribution in [2.24, 2.45) is 0 Å². The van der Waals surface area contributed by atoms with E-state index in [1.807, 2.05) is 0 Å². The second-order valence-corrected chi connectivity index (χ2v) is 6.98. The van der Waals surface area contributed by atoms with Crippen molar-refractivity contribution in [3.8, 4) is 0 Å². The number of carbonyl (C=O) groups excluding carboxylic acids is 1. The van der Waals surface area contributed by atoms with Gasteiger partial charge in [-0.15, -0.1) is 0 Å². The first-order valence-electron chi connectivity index (χ1n) is 7.15. The van der Waals surface area contributed by atoms with Crippen LogP contribution in [0.5, 0.6) is 0 Å². The summed E-state index contributed by atoms with van der Waals surface area (Å²) in [4.78, 5) is 11.8. The van der Waals surface area contributed by atoms with Gasteiger partial charge in [0.1, 0.15) is 6.04 Å². The SMILES string of the molecule is O=C1NCCCC[C@@H]1NS(=O)(=O)N1CCCCCC1. The van der Waals surface area contributed by atoms with E-state index in [2.05, 4.69) is 10.0 Å². The van der Waals surface area contributed by atoms with Crippen LogP contribution in [0.25, 0.3) is 0 Å². The molecule has 1 amide bonds. The van der Waals surface area contributed by atoms with Crippen molar-refractivity contribution < 1.29 is 13.2 Å². The quantitative estimate of drug-likeness (QED) is 0.787. The Morgan fingerprint density at radius 3 is 2.42 bits per heavy atom. The average Bonchev–Trinajstić information content (AvgIpc) is 2.74. The maximum absolute atomic E-state index is 12.3. The number of carbonyl (C=O) groups is 1. The van der Waals surface area contributed by atoms with E-state index < -0.39 is 16.3 Å². The number of hydrogen-bond donors (Lipinski definition) is 2. The molecule has 2 heterocycles. The Bertz CT molecular complexity index is 402. The van der Waals surface area contributed by atoms with E-state index in [-0.39, 0.29) is 5.91 Å². The molecule has 7 heteroatoms.